The molecule has 0 radical (unpaired) electrons. The number of hydrogen-bond donors (Lipinski definition) is 2. The van der Waals surface area contributed by atoms with E-state index >= 15 is 0 Å². The van der Waals surface area contributed by atoms with Crippen LogP contribution in [0.2, 0.25) is 0 Å². The van der Waals surface area contributed by atoms with E-state index in [1.165, 1.54) is 0 Å². The Hall–Kier alpha value is -1.36. The van der Waals surface area contributed by atoms with E-state index < -0.39 is 0 Å². The molecule has 0 saturated carbocycles. The molecule has 0 saturated heterocycles. The van der Waals surface area contributed by atoms with Crippen molar-refractivity contribution in [3.8, 4) is 0 Å². The SMILES string of the molecule is CCOC(=O)c1ccc(NCC(C)CSC)c(N)c1. The van der Waals surface area contributed by atoms with Crippen LogP contribution in [0, 0.1) is 5.92 Å². The molecule has 4 nitrogen and oxygen atoms in total. The van der Waals surface area contributed by atoms with Gasteiger partial charge in [-0.25, -0.2) is 4.79 Å². The number of benzene rings is 1. The Kier molecular flexibility index (Phi) is 6.56. The molecule has 1 aromatic carbocycles. The quantitative estimate of drug-likeness (QED) is 0.594. The van der Waals surface area contributed by atoms with E-state index in [4.69, 9.17) is 10.5 Å². The van der Waals surface area contributed by atoms with Gasteiger partial charge in [-0.1, -0.05) is 6.92 Å². The number of ether oxygens (including phenoxy) is 1. The molecule has 0 heterocycles. The third-order valence-electron chi connectivity index (χ3n) is 2.65. The molecule has 0 fully saturated rings. The molecular weight excluding hydrogens is 260 g/mol. The number of carbonyl (C=O) groups is 1. The van der Waals surface area contributed by atoms with Crippen molar-refractivity contribution in [2.75, 3.05) is 36.2 Å². The summed E-state index contributed by atoms with van der Waals surface area (Å²) in [5.41, 5.74) is 7.86. The van der Waals surface area contributed by atoms with Crippen LogP contribution in [-0.2, 0) is 4.74 Å². The number of thioether (sulfide) groups is 1. The maximum atomic E-state index is 11.6. The van der Waals surface area contributed by atoms with E-state index in [0.29, 0.717) is 23.8 Å². The van der Waals surface area contributed by atoms with Gasteiger partial charge in [0.2, 0.25) is 0 Å². The molecule has 19 heavy (non-hydrogen) atoms. The molecule has 0 aliphatic rings. The summed E-state index contributed by atoms with van der Waals surface area (Å²) in [6.07, 6.45) is 2.10. The summed E-state index contributed by atoms with van der Waals surface area (Å²) in [6, 6.07) is 5.21. The van der Waals surface area contributed by atoms with Crippen LogP contribution in [0.25, 0.3) is 0 Å². The molecule has 0 amide bonds. The van der Waals surface area contributed by atoms with Crippen molar-refractivity contribution in [2.45, 2.75) is 13.8 Å². The van der Waals surface area contributed by atoms with Gasteiger partial charge in [-0.2, -0.15) is 11.8 Å². The van der Waals surface area contributed by atoms with Crippen LogP contribution < -0.4 is 11.1 Å². The van der Waals surface area contributed by atoms with Gasteiger partial charge >= 0.3 is 5.97 Å². The summed E-state index contributed by atoms with van der Waals surface area (Å²) in [6.45, 7) is 5.20. The van der Waals surface area contributed by atoms with Crippen molar-refractivity contribution in [1.82, 2.24) is 0 Å². The zero-order valence-corrected chi connectivity index (χ0v) is 12.5. The summed E-state index contributed by atoms with van der Waals surface area (Å²) >= 11 is 1.83. The highest BCUT2D eigenvalue weighted by molar-refractivity contribution is 7.98. The molecule has 5 heteroatoms. The van der Waals surface area contributed by atoms with E-state index in [2.05, 4.69) is 18.5 Å². The van der Waals surface area contributed by atoms with Gasteiger partial charge in [0.05, 0.1) is 23.5 Å². The molecule has 3 N–H and O–H groups in total. The minimum atomic E-state index is -0.337. The molecule has 0 spiro atoms. The maximum absolute atomic E-state index is 11.6. The molecule has 1 unspecified atom stereocenters. The minimum Gasteiger partial charge on any atom is -0.462 e. The van der Waals surface area contributed by atoms with Crippen LogP contribution in [0.1, 0.15) is 24.2 Å². The predicted octanol–water partition coefficient (Wildman–Crippen LogP) is 2.86. The van der Waals surface area contributed by atoms with Gasteiger partial charge in [-0.3, -0.25) is 0 Å². The van der Waals surface area contributed by atoms with Crippen molar-refractivity contribution in [2.24, 2.45) is 5.92 Å². The smallest absolute Gasteiger partial charge is 0.338 e. The highest BCUT2D eigenvalue weighted by Crippen LogP contribution is 2.21. The second-order valence-electron chi connectivity index (χ2n) is 4.46. The Morgan fingerprint density at radius 3 is 2.84 bits per heavy atom. The van der Waals surface area contributed by atoms with Crippen LogP contribution in [0.3, 0.4) is 0 Å². The van der Waals surface area contributed by atoms with Gasteiger partial charge in [0.25, 0.3) is 0 Å². The molecule has 106 valence electrons. The number of anilines is 2. The van der Waals surface area contributed by atoms with Crippen molar-refractivity contribution < 1.29 is 9.53 Å². The Labute approximate surface area is 119 Å². The highest BCUT2D eigenvalue weighted by atomic mass is 32.2. The Bertz CT molecular complexity index is 424. The number of hydrogen-bond acceptors (Lipinski definition) is 5. The summed E-state index contributed by atoms with van der Waals surface area (Å²) in [7, 11) is 0. The first kappa shape index (κ1) is 15.7. The average Bonchev–Trinajstić information content (AvgIpc) is 2.38. The van der Waals surface area contributed by atoms with Crippen LogP contribution in [-0.4, -0.2) is 31.1 Å². The lowest BCUT2D eigenvalue weighted by atomic mass is 10.1. The van der Waals surface area contributed by atoms with Gasteiger partial charge < -0.3 is 15.8 Å². The van der Waals surface area contributed by atoms with E-state index in [-0.39, 0.29) is 5.97 Å². The summed E-state index contributed by atoms with van der Waals surface area (Å²) < 4.78 is 4.94. The Balaban J connectivity index is 2.64. The van der Waals surface area contributed by atoms with Gasteiger partial charge in [-0.15, -0.1) is 0 Å². The van der Waals surface area contributed by atoms with Crippen LogP contribution in [0.4, 0.5) is 11.4 Å². The number of nitrogen functional groups attached to an aromatic ring is 1. The minimum absolute atomic E-state index is 0.337. The molecule has 0 aliphatic heterocycles. The number of esters is 1. The first-order chi connectivity index (χ1) is 9.08. The third-order valence-corrected chi connectivity index (χ3v) is 3.56. The van der Waals surface area contributed by atoms with Gasteiger partial charge in [0, 0.05) is 6.54 Å². The zero-order chi connectivity index (χ0) is 14.3. The molecular formula is C14H22N2O2S. The fourth-order valence-electron chi connectivity index (χ4n) is 1.69. The summed E-state index contributed by atoms with van der Waals surface area (Å²) in [4.78, 5) is 11.6. The number of nitrogens with two attached hydrogens (primary N) is 1. The Morgan fingerprint density at radius 2 is 2.26 bits per heavy atom. The summed E-state index contributed by atoms with van der Waals surface area (Å²) in [5, 5.41) is 3.31. The molecule has 0 bridgehead atoms. The van der Waals surface area contributed by atoms with E-state index in [0.717, 1.165) is 18.0 Å². The Morgan fingerprint density at radius 1 is 1.53 bits per heavy atom. The monoisotopic (exact) mass is 282 g/mol. The highest BCUT2D eigenvalue weighted by Gasteiger charge is 2.09. The zero-order valence-electron chi connectivity index (χ0n) is 11.7. The standard InChI is InChI=1S/C14H22N2O2S/c1-4-18-14(17)11-5-6-13(12(15)7-11)16-8-10(2)9-19-3/h5-7,10,16H,4,8-9,15H2,1-3H3. The van der Waals surface area contributed by atoms with E-state index in [1.54, 1.807) is 19.1 Å². The molecule has 1 atom stereocenters. The first-order valence-electron chi connectivity index (χ1n) is 6.38. The van der Waals surface area contributed by atoms with Gasteiger partial charge in [0.1, 0.15) is 0 Å². The first-order valence-corrected chi connectivity index (χ1v) is 7.77. The molecule has 0 aromatic heterocycles. The number of rotatable bonds is 7. The molecule has 1 rings (SSSR count). The lowest BCUT2D eigenvalue weighted by Gasteiger charge is -2.14. The van der Waals surface area contributed by atoms with E-state index in [1.807, 2.05) is 17.8 Å². The maximum Gasteiger partial charge on any atom is 0.338 e. The van der Waals surface area contributed by atoms with Crippen LogP contribution in [0.5, 0.6) is 0 Å². The van der Waals surface area contributed by atoms with Gasteiger partial charge in [0.15, 0.2) is 0 Å². The lowest BCUT2D eigenvalue weighted by molar-refractivity contribution is 0.0526. The largest absolute Gasteiger partial charge is 0.462 e. The van der Waals surface area contributed by atoms with Crippen LogP contribution >= 0.6 is 11.8 Å². The van der Waals surface area contributed by atoms with Crippen molar-refractivity contribution in [3.05, 3.63) is 23.8 Å². The number of nitrogens with one attached hydrogen (secondary N) is 1. The van der Waals surface area contributed by atoms with E-state index in [9.17, 15) is 4.79 Å². The second-order valence-corrected chi connectivity index (χ2v) is 5.37. The average molecular weight is 282 g/mol. The van der Waals surface area contributed by atoms with Crippen molar-refractivity contribution in [3.63, 3.8) is 0 Å². The van der Waals surface area contributed by atoms with Crippen LogP contribution in [0.15, 0.2) is 18.2 Å². The molecule has 1 aromatic rings. The normalized spacial score (nSPS) is 11.9. The lowest BCUT2D eigenvalue weighted by Crippen LogP contribution is -2.14. The van der Waals surface area contributed by atoms with Crippen molar-refractivity contribution in [1.29, 1.82) is 0 Å². The van der Waals surface area contributed by atoms with Gasteiger partial charge in [-0.05, 0) is 43.0 Å². The predicted molar refractivity (Wildman–Crippen MR) is 82.8 cm³/mol. The summed E-state index contributed by atoms with van der Waals surface area (Å²) in [5.74, 6) is 1.34. The number of carbonyl (C=O) groups excluding carboxylic acids is 1. The van der Waals surface area contributed by atoms with Crippen molar-refractivity contribution >= 4 is 29.1 Å². The topological polar surface area (TPSA) is 64.3 Å². The molecule has 0 aliphatic carbocycles. The second kappa shape index (κ2) is 7.94. The third kappa shape index (κ3) is 5.03. The fourth-order valence-corrected chi connectivity index (χ4v) is 2.38. The fraction of sp³-hybridized carbons (Fsp3) is 0.500.